The first kappa shape index (κ1) is 14.9. The summed E-state index contributed by atoms with van der Waals surface area (Å²) in [7, 11) is 1.67. The minimum Gasteiger partial charge on any atom is -0.370 e. The normalized spacial score (nSPS) is 10.2. The molecule has 0 fully saturated rings. The number of anilines is 1. The fraction of sp³-hybridized carbons (Fsp3) is 0.267. The zero-order valence-corrected chi connectivity index (χ0v) is 12.0. The number of carbonyl (C=O) groups is 1. The van der Waals surface area contributed by atoms with Crippen molar-refractivity contribution in [1.29, 1.82) is 0 Å². The molecular weight excluding hydrogens is 271 g/mol. The number of nitrogens with zero attached hydrogens (tertiary/aromatic N) is 3. The van der Waals surface area contributed by atoms with Crippen LogP contribution in [-0.4, -0.2) is 34.4 Å². The molecule has 0 aliphatic carbocycles. The van der Waals surface area contributed by atoms with Gasteiger partial charge in [0, 0.05) is 32.5 Å². The quantitative estimate of drug-likeness (QED) is 0.917. The number of hydrogen-bond acceptors (Lipinski definition) is 4. The van der Waals surface area contributed by atoms with E-state index < -0.39 is 5.82 Å². The van der Waals surface area contributed by atoms with Crippen molar-refractivity contribution in [3.63, 3.8) is 0 Å². The number of amides is 1. The number of pyridine rings is 2. The molecule has 0 saturated carbocycles. The maximum Gasteiger partial charge on any atom is 0.257 e. The average Bonchev–Trinajstić information content (AvgIpc) is 2.49. The number of rotatable bonds is 5. The largest absolute Gasteiger partial charge is 0.370 e. The van der Waals surface area contributed by atoms with Crippen molar-refractivity contribution in [2.24, 2.45) is 0 Å². The van der Waals surface area contributed by atoms with Crippen LogP contribution in [0.4, 0.5) is 10.2 Å². The molecule has 21 heavy (non-hydrogen) atoms. The first-order valence-corrected chi connectivity index (χ1v) is 6.65. The number of aromatic nitrogens is 2. The van der Waals surface area contributed by atoms with Gasteiger partial charge in [-0.1, -0.05) is 0 Å². The van der Waals surface area contributed by atoms with Crippen LogP contribution in [-0.2, 0) is 6.54 Å². The Bertz CT molecular complexity index is 618. The van der Waals surface area contributed by atoms with E-state index in [1.165, 1.54) is 11.0 Å². The summed E-state index contributed by atoms with van der Waals surface area (Å²) in [5, 5.41) is 2.97. The van der Waals surface area contributed by atoms with Gasteiger partial charge in [-0.15, -0.1) is 0 Å². The Labute approximate surface area is 122 Å². The fourth-order valence-corrected chi connectivity index (χ4v) is 1.95. The lowest BCUT2D eigenvalue weighted by Gasteiger charge is -2.19. The van der Waals surface area contributed by atoms with Crippen LogP contribution in [0.25, 0.3) is 0 Å². The molecule has 1 N–H and O–H groups in total. The van der Waals surface area contributed by atoms with E-state index in [4.69, 9.17) is 0 Å². The lowest BCUT2D eigenvalue weighted by Crippen LogP contribution is -2.27. The predicted octanol–water partition coefficient (Wildman–Crippen LogP) is 2.32. The highest BCUT2D eigenvalue weighted by atomic mass is 19.1. The average molecular weight is 288 g/mol. The summed E-state index contributed by atoms with van der Waals surface area (Å²) in [6.07, 6.45) is 4.43. The van der Waals surface area contributed by atoms with E-state index in [0.29, 0.717) is 18.9 Å². The van der Waals surface area contributed by atoms with Crippen LogP contribution in [0.15, 0.2) is 36.8 Å². The van der Waals surface area contributed by atoms with Gasteiger partial charge in [0.15, 0.2) is 0 Å². The van der Waals surface area contributed by atoms with Crippen molar-refractivity contribution in [3.05, 3.63) is 53.7 Å². The van der Waals surface area contributed by atoms with Gasteiger partial charge in [-0.25, -0.2) is 9.37 Å². The molecule has 2 heterocycles. The summed E-state index contributed by atoms with van der Waals surface area (Å²) in [6, 6.07) is 4.87. The molecule has 2 aromatic heterocycles. The first-order chi connectivity index (χ1) is 10.1. The van der Waals surface area contributed by atoms with E-state index in [9.17, 15) is 9.18 Å². The number of carbonyl (C=O) groups excluding carboxylic acids is 1. The molecule has 0 saturated heterocycles. The second-order valence-corrected chi connectivity index (χ2v) is 4.60. The van der Waals surface area contributed by atoms with E-state index in [1.807, 2.05) is 19.1 Å². The zero-order chi connectivity index (χ0) is 15.2. The van der Waals surface area contributed by atoms with Gasteiger partial charge in [0.25, 0.3) is 5.91 Å². The molecule has 0 radical (unpaired) electrons. The summed E-state index contributed by atoms with van der Waals surface area (Å²) < 4.78 is 13.4. The molecule has 0 spiro atoms. The highest BCUT2D eigenvalue weighted by Gasteiger charge is 2.18. The third-order valence-electron chi connectivity index (χ3n) is 2.94. The van der Waals surface area contributed by atoms with Crippen molar-refractivity contribution in [2.75, 3.05) is 18.9 Å². The van der Waals surface area contributed by atoms with Crippen molar-refractivity contribution in [2.45, 2.75) is 13.5 Å². The number of nitrogens with one attached hydrogen (secondary N) is 1. The number of hydrogen-bond donors (Lipinski definition) is 1. The van der Waals surface area contributed by atoms with Gasteiger partial charge in [0.05, 0.1) is 11.8 Å². The van der Waals surface area contributed by atoms with Crippen LogP contribution in [0.2, 0.25) is 0 Å². The smallest absolute Gasteiger partial charge is 0.257 e. The van der Waals surface area contributed by atoms with Crippen LogP contribution in [0.5, 0.6) is 0 Å². The maximum absolute atomic E-state index is 13.4. The van der Waals surface area contributed by atoms with Gasteiger partial charge in [-0.2, -0.15) is 0 Å². The van der Waals surface area contributed by atoms with Crippen LogP contribution < -0.4 is 5.32 Å². The summed E-state index contributed by atoms with van der Waals surface area (Å²) in [4.78, 5) is 21.8. The van der Waals surface area contributed by atoms with Gasteiger partial charge in [-0.05, 0) is 30.7 Å². The van der Waals surface area contributed by atoms with E-state index in [-0.39, 0.29) is 11.5 Å². The molecule has 6 heteroatoms. The Balaban J connectivity index is 2.20. The van der Waals surface area contributed by atoms with Crippen molar-refractivity contribution in [3.8, 4) is 0 Å². The zero-order valence-electron chi connectivity index (χ0n) is 12.0. The molecule has 2 aromatic rings. The maximum atomic E-state index is 13.4. The molecule has 0 aromatic carbocycles. The molecule has 1 amide bonds. The fourth-order valence-electron chi connectivity index (χ4n) is 1.95. The summed E-state index contributed by atoms with van der Waals surface area (Å²) >= 11 is 0. The first-order valence-electron chi connectivity index (χ1n) is 6.65. The Hall–Kier alpha value is -2.50. The molecule has 0 bridgehead atoms. The topological polar surface area (TPSA) is 58.1 Å². The lowest BCUT2D eigenvalue weighted by atomic mass is 10.2. The van der Waals surface area contributed by atoms with Crippen molar-refractivity contribution >= 4 is 11.7 Å². The standard InChI is InChI=1S/C15H17FN4O/c1-3-18-14-13(8-12(16)9-19-14)15(21)20(2)10-11-4-6-17-7-5-11/h4-9H,3,10H2,1-2H3,(H,18,19). The van der Waals surface area contributed by atoms with Gasteiger partial charge < -0.3 is 10.2 Å². The van der Waals surface area contributed by atoms with E-state index in [1.54, 1.807) is 19.4 Å². The van der Waals surface area contributed by atoms with Crippen LogP contribution in [0.1, 0.15) is 22.8 Å². The number of halogens is 1. The molecule has 2 rings (SSSR count). The van der Waals surface area contributed by atoms with Crippen LogP contribution in [0.3, 0.4) is 0 Å². The molecule has 0 aliphatic heterocycles. The predicted molar refractivity (Wildman–Crippen MR) is 78.4 cm³/mol. The molecule has 0 aliphatic rings. The Morgan fingerprint density at radius 1 is 1.38 bits per heavy atom. The highest BCUT2D eigenvalue weighted by molar-refractivity contribution is 5.98. The monoisotopic (exact) mass is 288 g/mol. The summed E-state index contributed by atoms with van der Waals surface area (Å²) in [6.45, 7) is 2.91. The van der Waals surface area contributed by atoms with Gasteiger partial charge in [0.1, 0.15) is 11.6 Å². The third-order valence-corrected chi connectivity index (χ3v) is 2.94. The van der Waals surface area contributed by atoms with E-state index >= 15 is 0 Å². The third kappa shape index (κ3) is 3.75. The lowest BCUT2D eigenvalue weighted by molar-refractivity contribution is 0.0785. The van der Waals surface area contributed by atoms with Crippen molar-refractivity contribution in [1.82, 2.24) is 14.9 Å². The van der Waals surface area contributed by atoms with Crippen LogP contribution in [0, 0.1) is 5.82 Å². The minimum absolute atomic E-state index is 0.230. The summed E-state index contributed by atoms with van der Waals surface area (Å²) in [5.41, 5.74) is 1.18. The Morgan fingerprint density at radius 3 is 2.76 bits per heavy atom. The SMILES string of the molecule is CCNc1ncc(F)cc1C(=O)N(C)Cc1ccncc1. The highest BCUT2D eigenvalue weighted by Crippen LogP contribution is 2.16. The molecule has 0 unspecified atom stereocenters. The second-order valence-electron chi connectivity index (χ2n) is 4.60. The Kier molecular flexibility index (Phi) is 4.81. The molecule has 5 nitrogen and oxygen atoms in total. The van der Waals surface area contributed by atoms with Gasteiger partial charge >= 0.3 is 0 Å². The second kappa shape index (κ2) is 6.78. The molecular formula is C15H17FN4O. The van der Waals surface area contributed by atoms with E-state index in [2.05, 4.69) is 15.3 Å². The van der Waals surface area contributed by atoms with Gasteiger partial charge in [0.2, 0.25) is 0 Å². The van der Waals surface area contributed by atoms with Gasteiger partial charge in [-0.3, -0.25) is 9.78 Å². The summed E-state index contributed by atoms with van der Waals surface area (Å²) in [5.74, 6) is -0.419. The molecule has 0 atom stereocenters. The van der Waals surface area contributed by atoms with E-state index in [0.717, 1.165) is 11.8 Å². The minimum atomic E-state index is -0.530. The Morgan fingerprint density at radius 2 is 2.10 bits per heavy atom. The van der Waals surface area contributed by atoms with Crippen molar-refractivity contribution < 1.29 is 9.18 Å². The van der Waals surface area contributed by atoms with Crippen LogP contribution >= 0.6 is 0 Å². The molecule has 110 valence electrons.